The molecule has 0 radical (unpaired) electrons. The summed E-state index contributed by atoms with van der Waals surface area (Å²) in [6.45, 7) is 9.16. The molecule has 1 N–H and O–H groups in total. The highest BCUT2D eigenvalue weighted by atomic mass is 16.5. The van der Waals surface area contributed by atoms with Crippen molar-refractivity contribution < 1.29 is 9.53 Å². The molecular weight excluding hydrogens is 264 g/mol. The van der Waals surface area contributed by atoms with E-state index in [0.717, 1.165) is 38.2 Å². The van der Waals surface area contributed by atoms with Crippen molar-refractivity contribution >= 4 is 5.91 Å². The zero-order valence-corrected chi connectivity index (χ0v) is 13.3. The molecule has 0 saturated carbocycles. The van der Waals surface area contributed by atoms with E-state index in [1.807, 2.05) is 29.2 Å². The van der Waals surface area contributed by atoms with Gasteiger partial charge in [-0.3, -0.25) is 4.79 Å². The highest BCUT2D eigenvalue weighted by molar-refractivity contribution is 5.78. The van der Waals surface area contributed by atoms with Crippen LogP contribution in [0.4, 0.5) is 0 Å². The average molecular weight is 290 g/mol. The fraction of sp³-hybridized carbons (Fsp3) is 0.588. The highest BCUT2D eigenvalue weighted by Gasteiger charge is 2.18. The number of hydrogen-bond donors (Lipinski definition) is 1. The third kappa shape index (κ3) is 5.38. The van der Waals surface area contributed by atoms with E-state index in [9.17, 15) is 4.79 Å². The van der Waals surface area contributed by atoms with Gasteiger partial charge in [0, 0.05) is 25.2 Å². The van der Waals surface area contributed by atoms with E-state index in [1.165, 1.54) is 5.56 Å². The lowest BCUT2D eigenvalue weighted by Crippen LogP contribution is -2.35. The molecule has 0 atom stereocenters. The van der Waals surface area contributed by atoms with Gasteiger partial charge >= 0.3 is 0 Å². The van der Waals surface area contributed by atoms with Gasteiger partial charge < -0.3 is 15.0 Å². The molecule has 116 valence electrons. The minimum Gasteiger partial charge on any atom is -0.484 e. The van der Waals surface area contributed by atoms with Crippen LogP contribution in [0.1, 0.15) is 39.2 Å². The summed E-state index contributed by atoms with van der Waals surface area (Å²) in [4.78, 5) is 13.8. The minimum absolute atomic E-state index is 0.0889. The second-order valence-electron chi connectivity index (χ2n) is 6.62. The van der Waals surface area contributed by atoms with Crippen LogP contribution in [0.15, 0.2) is 24.3 Å². The van der Waals surface area contributed by atoms with Gasteiger partial charge in [-0.15, -0.1) is 0 Å². The van der Waals surface area contributed by atoms with E-state index in [-0.39, 0.29) is 18.1 Å². The number of rotatable bonds is 5. The maximum Gasteiger partial charge on any atom is 0.260 e. The first-order valence-corrected chi connectivity index (χ1v) is 7.69. The SMILES string of the molecule is CC(C)(C)NCc1ccc(OCC(=O)N2CCCC2)cc1. The van der Waals surface area contributed by atoms with Crippen molar-refractivity contribution in [3.8, 4) is 5.75 Å². The quantitative estimate of drug-likeness (QED) is 0.906. The number of amides is 1. The highest BCUT2D eigenvalue weighted by Crippen LogP contribution is 2.14. The fourth-order valence-corrected chi connectivity index (χ4v) is 2.27. The van der Waals surface area contributed by atoms with Gasteiger partial charge in [0.25, 0.3) is 5.91 Å². The van der Waals surface area contributed by atoms with Crippen molar-refractivity contribution in [3.05, 3.63) is 29.8 Å². The monoisotopic (exact) mass is 290 g/mol. The largest absolute Gasteiger partial charge is 0.484 e. The second-order valence-corrected chi connectivity index (χ2v) is 6.62. The summed E-state index contributed by atoms with van der Waals surface area (Å²) >= 11 is 0. The van der Waals surface area contributed by atoms with E-state index in [4.69, 9.17) is 4.74 Å². The Morgan fingerprint density at radius 3 is 2.38 bits per heavy atom. The molecule has 1 aliphatic rings. The number of nitrogens with one attached hydrogen (secondary N) is 1. The van der Waals surface area contributed by atoms with Gasteiger partial charge in [-0.1, -0.05) is 12.1 Å². The van der Waals surface area contributed by atoms with Gasteiger partial charge in [0.15, 0.2) is 6.61 Å². The van der Waals surface area contributed by atoms with Crippen LogP contribution in [-0.2, 0) is 11.3 Å². The molecule has 1 heterocycles. The second kappa shape index (κ2) is 6.94. The Morgan fingerprint density at radius 2 is 1.81 bits per heavy atom. The van der Waals surface area contributed by atoms with Crippen molar-refractivity contribution in [3.63, 3.8) is 0 Å². The van der Waals surface area contributed by atoms with Gasteiger partial charge in [0.1, 0.15) is 5.75 Å². The summed E-state index contributed by atoms with van der Waals surface area (Å²) in [7, 11) is 0. The maximum absolute atomic E-state index is 11.9. The van der Waals surface area contributed by atoms with Crippen LogP contribution < -0.4 is 10.1 Å². The molecule has 4 nitrogen and oxygen atoms in total. The van der Waals surface area contributed by atoms with Crippen molar-refractivity contribution in [2.24, 2.45) is 0 Å². The summed E-state index contributed by atoms with van der Waals surface area (Å²) in [5, 5.41) is 3.44. The van der Waals surface area contributed by atoms with Crippen LogP contribution in [0.2, 0.25) is 0 Å². The fourth-order valence-electron chi connectivity index (χ4n) is 2.27. The normalized spacial score (nSPS) is 15.3. The summed E-state index contributed by atoms with van der Waals surface area (Å²) in [6, 6.07) is 7.93. The minimum atomic E-state index is 0.0889. The van der Waals surface area contributed by atoms with Crippen molar-refractivity contribution in [1.82, 2.24) is 10.2 Å². The maximum atomic E-state index is 11.9. The molecular formula is C17H26N2O2. The molecule has 4 heteroatoms. The van der Waals surface area contributed by atoms with Crippen LogP contribution in [0.3, 0.4) is 0 Å². The van der Waals surface area contributed by atoms with Crippen molar-refractivity contribution in [2.45, 2.75) is 45.7 Å². The summed E-state index contributed by atoms with van der Waals surface area (Å²) in [5.41, 5.74) is 1.32. The first-order chi connectivity index (χ1) is 9.94. The Morgan fingerprint density at radius 1 is 1.19 bits per heavy atom. The van der Waals surface area contributed by atoms with Gasteiger partial charge in [0.2, 0.25) is 0 Å². The smallest absolute Gasteiger partial charge is 0.260 e. The number of carbonyl (C=O) groups is 1. The van der Waals surface area contributed by atoms with E-state index in [0.29, 0.717) is 0 Å². The zero-order valence-electron chi connectivity index (χ0n) is 13.3. The average Bonchev–Trinajstić information content (AvgIpc) is 2.97. The number of ether oxygens (including phenoxy) is 1. The Hall–Kier alpha value is -1.55. The predicted octanol–water partition coefficient (Wildman–Crippen LogP) is 2.58. The summed E-state index contributed by atoms with van der Waals surface area (Å²) in [5.74, 6) is 0.841. The van der Waals surface area contributed by atoms with E-state index in [1.54, 1.807) is 0 Å². The van der Waals surface area contributed by atoms with Crippen LogP contribution in [0, 0.1) is 0 Å². The molecule has 0 aliphatic carbocycles. The van der Waals surface area contributed by atoms with Crippen LogP contribution in [-0.4, -0.2) is 36.0 Å². The molecule has 0 unspecified atom stereocenters. The van der Waals surface area contributed by atoms with E-state index < -0.39 is 0 Å². The van der Waals surface area contributed by atoms with Crippen LogP contribution in [0.5, 0.6) is 5.75 Å². The Kier molecular flexibility index (Phi) is 5.23. The number of nitrogens with zero attached hydrogens (tertiary/aromatic N) is 1. The first-order valence-electron chi connectivity index (χ1n) is 7.69. The first kappa shape index (κ1) is 15.8. The topological polar surface area (TPSA) is 41.6 Å². The number of hydrogen-bond acceptors (Lipinski definition) is 3. The van der Waals surface area contributed by atoms with E-state index in [2.05, 4.69) is 26.1 Å². The number of likely N-dealkylation sites (tertiary alicyclic amines) is 1. The molecule has 1 aromatic carbocycles. The van der Waals surface area contributed by atoms with Crippen molar-refractivity contribution in [2.75, 3.05) is 19.7 Å². The van der Waals surface area contributed by atoms with Gasteiger partial charge in [-0.25, -0.2) is 0 Å². The Balaban J connectivity index is 1.78. The predicted molar refractivity (Wildman–Crippen MR) is 84.3 cm³/mol. The lowest BCUT2D eigenvalue weighted by Gasteiger charge is -2.20. The standard InChI is InChI=1S/C17H26N2O2/c1-17(2,3)18-12-14-6-8-15(9-7-14)21-13-16(20)19-10-4-5-11-19/h6-9,18H,4-5,10-13H2,1-3H3. The third-order valence-electron chi connectivity index (χ3n) is 3.57. The molecule has 0 bridgehead atoms. The molecule has 1 saturated heterocycles. The van der Waals surface area contributed by atoms with Crippen LogP contribution in [0.25, 0.3) is 0 Å². The molecule has 0 spiro atoms. The summed E-state index contributed by atoms with van der Waals surface area (Å²) < 4.78 is 5.57. The Labute approximate surface area is 127 Å². The summed E-state index contributed by atoms with van der Waals surface area (Å²) in [6.07, 6.45) is 2.22. The van der Waals surface area contributed by atoms with Gasteiger partial charge in [0.05, 0.1) is 0 Å². The molecule has 21 heavy (non-hydrogen) atoms. The third-order valence-corrected chi connectivity index (χ3v) is 3.57. The molecule has 1 amide bonds. The lowest BCUT2D eigenvalue weighted by molar-refractivity contribution is -0.132. The molecule has 1 aliphatic heterocycles. The molecule has 2 rings (SSSR count). The van der Waals surface area contributed by atoms with Gasteiger partial charge in [-0.2, -0.15) is 0 Å². The zero-order chi connectivity index (χ0) is 15.3. The van der Waals surface area contributed by atoms with Gasteiger partial charge in [-0.05, 0) is 51.3 Å². The molecule has 0 aromatic heterocycles. The number of carbonyl (C=O) groups excluding carboxylic acids is 1. The molecule has 1 fully saturated rings. The number of benzene rings is 1. The molecule has 1 aromatic rings. The Bertz CT molecular complexity index is 457. The lowest BCUT2D eigenvalue weighted by atomic mass is 10.1. The van der Waals surface area contributed by atoms with Crippen molar-refractivity contribution in [1.29, 1.82) is 0 Å². The van der Waals surface area contributed by atoms with E-state index >= 15 is 0 Å². The van der Waals surface area contributed by atoms with Crippen LogP contribution >= 0.6 is 0 Å².